The Labute approximate surface area is 148 Å². The highest BCUT2D eigenvalue weighted by molar-refractivity contribution is 6.00. The van der Waals surface area contributed by atoms with Gasteiger partial charge in [-0.2, -0.15) is 0 Å². The molecule has 2 N–H and O–H groups in total. The van der Waals surface area contributed by atoms with Crippen molar-refractivity contribution in [1.29, 1.82) is 0 Å². The average molecular weight is 345 g/mol. The van der Waals surface area contributed by atoms with Crippen LogP contribution in [0.1, 0.15) is 37.7 Å². The van der Waals surface area contributed by atoms with Gasteiger partial charge in [0.25, 0.3) is 5.91 Å². The molecule has 6 heteroatoms. The first-order valence-electron chi connectivity index (χ1n) is 8.60. The van der Waals surface area contributed by atoms with Gasteiger partial charge in [0.15, 0.2) is 0 Å². The topological polar surface area (TPSA) is 72.4 Å². The van der Waals surface area contributed by atoms with E-state index in [1.54, 1.807) is 7.11 Å². The van der Waals surface area contributed by atoms with E-state index in [2.05, 4.69) is 29.0 Å². The molecule has 1 heterocycles. The quantitative estimate of drug-likeness (QED) is 0.722. The molecule has 0 atom stereocenters. The maximum absolute atomic E-state index is 12.6. The largest absolute Gasteiger partial charge is 0.383 e. The lowest BCUT2D eigenvalue weighted by Gasteiger charge is -2.13. The Balaban J connectivity index is 2.36. The van der Waals surface area contributed by atoms with Gasteiger partial charge in [-0.25, -0.2) is 0 Å². The van der Waals surface area contributed by atoms with E-state index < -0.39 is 0 Å². The molecule has 0 unspecified atom stereocenters. The predicted octanol–water partition coefficient (Wildman–Crippen LogP) is 3.02. The van der Waals surface area contributed by atoms with Gasteiger partial charge < -0.3 is 19.9 Å². The van der Waals surface area contributed by atoms with Crippen molar-refractivity contribution in [2.45, 2.75) is 33.7 Å². The summed E-state index contributed by atoms with van der Waals surface area (Å²) in [6.45, 7) is 7.53. The van der Waals surface area contributed by atoms with Crippen molar-refractivity contribution in [2.75, 3.05) is 25.6 Å². The fourth-order valence-electron chi connectivity index (χ4n) is 2.73. The Morgan fingerprint density at radius 1 is 1.24 bits per heavy atom. The lowest BCUT2D eigenvalue weighted by molar-refractivity contribution is -0.114. The van der Waals surface area contributed by atoms with Gasteiger partial charge in [0.2, 0.25) is 5.91 Å². The van der Waals surface area contributed by atoms with Gasteiger partial charge in [0, 0.05) is 43.7 Å². The molecule has 25 heavy (non-hydrogen) atoms. The molecule has 1 aromatic heterocycles. The average Bonchev–Trinajstić information content (AvgIpc) is 2.90. The highest BCUT2D eigenvalue weighted by atomic mass is 16.5. The molecule has 0 fully saturated rings. The van der Waals surface area contributed by atoms with E-state index >= 15 is 0 Å². The normalized spacial score (nSPS) is 11.1. The highest BCUT2D eigenvalue weighted by Gasteiger charge is 2.16. The fourth-order valence-corrected chi connectivity index (χ4v) is 2.73. The zero-order valence-electron chi connectivity index (χ0n) is 15.4. The Bertz CT molecular complexity index is 750. The summed E-state index contributed by atoms with van der Waals surface area (Å²) >= 11 is 0. The number of ether oxygens (including phenoxy) is 1. The molecular formula is C19H27N3O3. The minimum absolute atomic E-state index is 0.113. The van der Waals surface area contributed by atoms with Crippen LogP contribution in [0, 0.1) is 5.92 Å². The van der Waals surface area contributed by atoms with Gasteiger partial charge in [-0.15, -0.1) is 0 Å². The maximum atomic E-state index is 12.6. The molecule has 0 saturated carbocycles. The first kappa shape index (κ1) is 19.0. The standard InChI is InChI=1S/C19H27N3O3/c1-13(2)7-9-22-17-6-5-16(21-14(3)23)11-15(17)12-18(22)19(24)20-8-10-25-4/h5-6,11-13H,7-10H2,1-4H3,(H,20,24)(H,21,23). The molecule has 2 aromatic rings. The number of hydrogen-bond donors (Lipinski definition) is 2. The highest BCUT2D eigenvalue weighted by Crippen LogP contribution is 2.25. The number of nitrogens with zero attached hydrogens (tertiary/aromatic N) is 1. The summed E-state index contributed by atoms with van der Waals surface area (Å²) in [7, 11) is 1.61. The molecule has 0 saturated heterocycles. The van der Waals surface area contributed by atoms with Gasteiger partial charge in [-0.3, -0.25) is 9.59 Å². The van der Waals surface area contributed by atoms with E-state index in [-0.39, 0.29) is 11.8 Å². The summed E-state index contributed by atoms with van der Waals surface area (Å²) in [4.78, 5) is 23.8. The second kappa shape index (κ2) is 8.67. The van der Waals surface area contributed by atoms with E-state index in [0.29, 0.717) is 24.8 Å². The van der Waals surface area contributed by atoms with Crippen molar-refractivity contribution in [3.05, 3.63) is 30.0 Å². The number of fused-ring (bicyclic) bond motifs is 1. The Hall–Kier alpha value is -2.34. The molecular weight excluding hydrogens is 318 g/mol. The predicted molar refractivity (Wildman–Crippen MR) is 99.9 cm³/mol. The van der Waals surface area contributed by atoms with Gasteiger partial charge in [0.05, 0.1) is 6.61 Å². The summed E-state index contributed by atoms with van der Waals surface area (Å²) in [5.74, 6) is 0.315. The minimum Gasteiger partial charge on any atom is -0.383 e. The van der Waals surface area contributed by atoms with Crippen LogP contribution in [-0.2, 0) is 16.1 Å². The number of nitrogens with one attached hydrogen (secondary N) is 2. The van der Waals surface area contributed by atoms with Crippen molar-refractivity contribution in [3.63, 3.8) is 0 Å². The van der Waals surface area contributed by atoms with Crippen LogP contribution < -0.4 is 10.6 Å². The Morgan fingerprint density at radius 3 is 2.64 bits per heavy atom. The third-order valence-corrected chi connectivity index (χ3v) is 3.98. The summed E-state index contributed by atoms with van der Waals surface area (Å²) in [6, 6.07) is 7.59. The smallest absolute Gasteiger partial charge is 0.268 e. The number of rotatable bonds is 8. The number of anilines is 1. The number of carbonyl (C=O) groups is 2. The third kappa shape index (κ3) is 5.06. The van der Waals surface area contributed by atoms with E-state index in [1.165, 1.54) is 6.92 Å². The third-order valence-electron chi connectivity index (χ3n) is 3.98. The molecule has 0 bridgehead atoms. The second-order valence-corrected chi connectivity index (χ2v) is 6.57. The number of aryl methyl sites for hydroxylation is 1. The van der Waals surface area contributed by atoms with E-state index in [4.69, 9.17) is 4.74 Å². The van der Waals surface area contributed by atoms with Crippen LogP contribution in [0.4, 0.5) is 5.69 Å². The van der Waals surface area contributed by atoms with Crippen LogP contribution in [0.2, 0.25) is 0 Å². The number of amides is 2. The van der Waals surface area contributed by atoms with Gasteiger partial charge in [-0.1, -0.05) is 13.8 Å². The van der Waals surface area contributed by atoms with Crippen LogP contribution in [0.3, 0.4) is 0 Å². The maximum Gasteiger partial charge on any atom is 0.268 e. The number of aromatic nitrogens is 1. The number of methoxy groups -OCH3 is 1. The van der Waals surface area contributed by atoms with E-state index in [0.717, 1.165) is 29.6 Å². The van der Waals surface area contributed by atoms with E-state index in [9.17, 15) is 9.59 Å². The zero-order valence-corrected chi connectivity index (χ0v) is 15.4. The molecule has 0 spiro atoms. The van der Waals surface area contributed by atoms with Gasteiger partial charge >= 0.3 is 0 Å². The molecule has 2 amide bonds. The fraction of sp³-hybridized carbons (Fsp3) is 0.474. The second-order valence-electron chi connectivity index (χ2n) is 6.57. The number of carbonyl (C=O) groups excluding carboxylic acids is 2. The number of benzene rings is 1. The Kier molecular flexibility index (Phi) is 6.58. The zero-order chi connectivity index (χ0) is 18.4. The lowest BCUT2D eigenvalue weighted by Crippen LogP contribution is -2.29. The van der Waals surface area contributed by atoms with E-state index in [1.807, 2.05) is 24.3 Å². The molecule has 6 nitrogen and oxygen atoms in total. The van der Waals surface area contributed by atoms with Crippen LogP contribution in [0.25, 0.3) is 10.9 Å². The van der Waals surface area contributed by atoms with Gasteiger partial charge in [-0.05, 0) is 36.6 Å². The van der Waals surface area contributed by atoms with Crippen molar-refractivity contribution in [2.24, 2.45) is 5.92 Å². The van der Waals surface area contributed by atoms with Crippen molar-refractivity contribution in [1.82, 2.24) is 9.88 Å². The summed E-state index contributed by atoms with van der Waals surface area (Å²) in [5, 5.41) is 6.60. The van der Waals surface area contributed by atoms with Crippen LogP contribution in [0.15, 0.2) is 24.3 Å². The van der Waals surface area contributed by atoms with Gasteiger partial charge in [0.1, 0.15) is 5.69 Å². The van der Waals surface area contributed by atoms with Crippen molar-refractivity contribution >= 4 is 28.4 Å². The minimum atomic E-state index is -0.115. The van der Waals surface area contributed by atoms with Crippen molar-refractivity contribution < 1.29 is 14.3 Å². The lowest BCUT2D eigenvalue weighted by atomic mass is 10.1. The van der Waals surface area contributed by atoms with Crippen LogP contribution in [-0.4, -0.2) is 36.6 Å². The molecule has 136 valence electrons. The Morgan fingerprint density at radius 2 is 2.00 bits per heavy atom. The van der Waals surface area contributed by atoms with Crippen LogP contribution in [0.5, 0.6) is 0 Å². The molecule has 0 radical (unpaired) electrons. The number of hydrogen-bond acceptors (Lipinski definition) is 3. The van der Waals surface area contributed by atoms with Crippen LogP contribution >= 0.6 is 0 Å². The first-order chi connectivity index (χ1) is 11.9. The SMILES string of the molecule is COCCNC(=O)c1cc2cc(NC(C)=O)ccc2n1CCC(C)C. The first-order valence-corrected chi connectivity index (χ1v) is 8.60. The molecule has 0 aliphatic carbocycles. The summed E-state index contributed by atoms with van der Waals surface area (Å²) in [6.07, 6.45) is 0.982. The molecule has 0 aliphatic rings. The molecule has 1 aromatic carbocycles. The molecule has 0 aliphatic heterocycles. The van der Waals surface area contributed by atoms with Crippen molar-refractivity contribution in [3.8, 4) is 0 Å². The molecule has 2 rings (SSSR count). The summed E-state index contributed by atoms with van der Waals surface area (Å²) in [5.41, 5.74) is 2.35. The summed E-state index contributed by atoms with van der Waals surface area (Å²) < 4.78 is 7.04. The monoisotopic (exact) mass is 345 g/mol.